The van der Waals surface area contributed by atoms with Crippen molar-refractivity contribution in [3.8, 4) is 0 Å². The van der Waals surface area contributed by atoms with Crippen LogP contribution >= 0.6 is 0 Å². The highest BCUT2D eigenvalue weighted by atomic mass is 32.2. The first-order chi connectivity index (χ1) is 8.69. The highest BCUT2D eigenvalue weighted by Gasteiger charge is 2.50. The lowest BCUT2D eigenvalue weighted by Gasteiger charge is -2.29. The minimum Gasteiger partial charge on any atom is -0.480 e. The van der Waals surface area contributed by atoms with Crippen LogP contribution in [0.5, 0.6) is 0 Å². The molecule has 0 aromatic carbocycles. The third-order valence-electron chi connectivity index (χ3n) is 3.68. The number of rotatable bonds is 3. The number of aryl methyl sites for hydroxylation is 2. The van der Waals surface area contributed by atoms with Gasteiger partial charge in [-0.3, -0.25) is 4.79 Å². The fourth-order valence-corrected chi connectivity index (χ4v) is 4.13. The minimum absolute atomic E-state index is 0.0955. The zero-order valence-electron chi connectivity index (χ0n) is 11.1. The lowest BCUT2D eigenvalue weighted by molar-refractivity contribution is -0.146. The van der Waals surface area contributed by atoms with E-state index in [1.54, 1.807) is 18.5 Å². The Balaban J connectivity index is 2.48. The number of imidazole rings is 1. The summed E-state index contributed by atoms with van der Waals surface area (Å²) in [5.41, 5.74) is -1.38. The van der Waals surface area contributed by atoms with Crippen molar-refractivity contribution in [1.29, 1.82) is 0 Å². The van der Waals surface area contributed by atoms with Crippen molar-refractivity contribution in [3.05, 3.63) is 12.0 Å². The molecule has 0 bridgehead atoms. The largest absolute Gasteiger partial charge is 0.480 e. The molecule has 1 aromatic rings. The molecule has 1 aliphatic heterocycles. The van der Waals surface area contributed by atoms with E-state index in [2.05, 4.69) is 4.98 Å². The van der Waals surface area contributed by atoms with Gasteiger partial charge in [-0.05, 0) is 26.7 Å². The van der Waals surface area contributed by atoms with Crippen molar-refractivity contribution in [3.63, 3.8) is 0 Å². The Morgan fingerprint density at radius 2 is 2.16 bits per heavy atom. The molecule has 1 atom stereocenters. The van der Waals surface area contributed by atoms with E-state index in [1.807, 2.05) is 0 Å². The topological polar surface area (TPSA) is 92.5 Å². The van der Waals surface area contributed by atoms with Crippen LogP contribution in [0, 0.1) is 6.92 Å². The van der Waals surface area contributed by atoms with E-state index < -0.39 is 21.5 Å². The number of nitrogens with zero attached hydrogens (tertiary/aromatic N) is 3. The van der Waals surface area contributed by atoms with Gasteiger partial charge in [-0.25, -0.2) is 13.4 Å². The molecule has 0 radical (unpaired) electrons. The van der Waals surface area contributed by atoms with Crippen LogP contribution in [0.25, 0.3) is 0 Å². The standard InChI is InChI=1S/C11H17N3O4S/c1-8-12-9(7-13(8)3)19(17,18)14-6-4-5-11(14,2)10(15)16/h7H,4-6H2,1-3H3,(H,15,16). The lowest BCUT2D eigenvalue weighted by Crippen LogP contribution is -2.50. The Bertz CT molecular complexity index is 602. The van der Waals surface area contributed by atoms with Crippen LogP contribution in [0.1, 0.15) is 25.6 Å². The first kappa shape index (κ1) is 14.0. The predicted octanol–water partition coefficient (Wildman–Crippen LogP) is 0.356. The Kier molecular flexibility index (Phi) is 3.18. The molecule has 106 valence electrons. The summed E-state index contributed by atoms with van der Waals surface area (Å²) in [5, 5.41) is 9.19. The number of hydrogen-bond donors (Lipinski definition) is 1. The molecule has 2 heterocycles. The van der Waals surface area contributed by atoms with E-state index >= 15 is 0 Å². The third-order valence-corrected chi connectivity index (χ3v) is 5.57. The number of carbonyl (C=O) groups is 1. The average Bonchev–Trinajstić information content (AvgIpc) is 2.85. The molecule has 0 aliphatic carbocycles. The Morgan fingerprint density at radius 1 is 1.53 bits per heavy atom. The van der Waals surface area contributed by atoms with Gasteiger partial charge in [0.05, 0.1) is 0 Å². The molecule has 1 N–H and O–H groups in total. The zero-order valence-corrected chi connectivity index (χ0v) is 11.9. The molecular weight excluding hydrogens is 270 g/mol. The summed E-state index contributed by atoms with van der Waals surface area (Å²) in [6, 6.07) is 0. The number of hydrogen-bond acceptors (Lipinski definition) is 4. The van der Waals surface area contributed by atoms with Gasteiger partial charge in [-0.15, -0.1) is 0 Å². The van der Waals surface area contributed by atoms with Crippen LogP contribution in [0.4, 0.5) is 0 Å². The molecular formula is C11H17N3O4S. The van der Waals surface area contributed by atoms with E-state index in [0.29, 0.717) is 18.7 Å². The van der Waals surface area contributed by atoms with Gasteiger partial charge in [0, 0.05) is 19.8 Å². The summed E-state index contributed by atoms with van der Waals surface area (Å²) in [6.45, 7) is 3.34. The average molecular weight is 287 g/mol. The SMILES string of the molecule is Cc1nc(S(=O)(=O)N2CCCC2(C)C(=O)O)cn1C. The molecule has 1 aromatic heterocycles. The van der Waals surface area contributed by atoms with Crippen LogP contribution in [-0.4, -0.2) is 45.4 Å². The Morgan fingerprint density at radius 3 is 2.63 bits per heavy atom. The van der Waals surface area contributed by atoms with Crippen LogP contribution < -0.4 is 0 Å². The van der Waals surface area contributed by atoms with E-state index in [4.69, 9.17) is 0 Å². The lowest BCUT2D eigenvalue weighted by atomic mass is 10.0. The van der Waals surface area contributed by atoms with Gasteiger partial charge in [-0.2, -0.15) is 4.31 Å². The van der Waals surface area contributed by atoms with Gasteiger partial charge in [-0.1, -0.05) is 0 Å². The molecule has 1 unspecified atom stereocenters. The molecule has 8 heteroatoms. The second-order valence-corrected chi connectivity index (χ2v) is 6.81. The number of aromatic nitrogens is 2. The zero-order chi connectivity index (χ0) is 14.4. The van der Waals surface area contributed by atoms with Gasteiger partial charge in [0.1, 0.15) is 11.4 Å². The van der Waals surface area contributed by atoms with Crippen molar-refractivity contribution in [2.24, 2.45) is 7.05 Å². The first-order valence-corrected chi connectivity index (χ1v) is 7.40. The summed E-state index contributed by atoms with van der Waals surface area (Å²) < 4.78 is 27.7. The van der Waals surface area contributed by atoms with Crippen molar-refractivity contribution < 1.29 is 18.3 Å². The number of aliphatic carboxylic acids is 1. The quantitative estimate of drug-likeness (QED) is 0.866. The Hall–Kier alpha value is -1.41. The first-order valence-electron chi connectivity index (χ1n) is 5.96. The summed E-state index contributed by atoms with van der Waals surface area (Å²) in [6.07, 6.45) is 2.26. The van der Waals surface area contributed by atoms with Gasteiger partial charge in [0.15, 0.2) is 5.03 Å². The summed E-state index contributed by atoms with van der Waals surface area (Å²) in [7, 11) is -2.18. The van der Waals surface area contributed by atoms with Crippen molar-refractivity contribution >= 4 is 16.0 Å². The monoisotopic (exact) mass is 287 g/mol. The minimum atomic E-state index is -3.87. The molecule has 7 nitrogen and oxygen atoms in total. The summed E-state index contributed by atoms with van der Waals surface area (Å²) >= 11 is 0. The second-order valence-electron chi connectivity index (χ2n) is 5.00. The van der Waals surface area contributed by atoms with Crippen LogP contribution in [0.3, 0.4) is 0 Å². The molecule has 1 aliphatic rings. The maximum absolute atomic E-state index is 12.5. The number of carboxylic acids is 1. The van der Waals surface area contributed by atoms with Crippen molar-refractivity contribution in [1.82, 2.24) is 13.9 Å². The number of carboxylic acid groups (broad SMARTS) is 1. The van der Waals surface area contributed by atoms with Gasteiger partial charge in [0.25, 0.3) is 10.0 Å². The maximum atomic E-state index is 12.5. The highest BCUT2D eigenvalue weighted by molar-refractivity contribution is 7.89. The molecule has 1 fully saturated rings. The third kappa shape index (κ3) is 2.04. The van der Waals surface area contributed by atoms with E-state index in [9.17, 15) is 18.3 Å². The molecule has 0 spiro atoms. The fraction of sp³-hybridized carbons (Fsp3) is 0.636. The van der Waals surface area contributed by atoms with E-state index in [-0.39, 0.29) is 11.6 Å². The molecule has 2 rings (SSSR count). The molecule has 1 saturated heterocycles. The smallest absolute Gasteiger partial charge is 0.324 e. The summed E-state index contributed by atoms with van der Waals surface area (Å²) in [5.74, 6) is -0.559. The van der Waals surface area contributed by atoms with Gasteiger partial charge < -0.3 is 9.67 Å². The maximum Gasteiger partial charge on any atom is 0.324 e. The molecule has 0 amide bonds. The van der Waals surface area contributed by atoms with Crippen molar-refractivity contribution in [2.75, 3.05) is 6.54 Å². The van der Waals surface area contributed by atoms with Gasteiger partial charge >= 0.3 is 5.97 Å². The summed E-state index contributed by atoms with van der Waals surface area (Å²) in [4.78, 5) is 15.3. The highest BCUT2D eigenvalue weighted by Crippen LogP contribution is 2.34. The van der Waals surface area contributed by atoms with E-state index in [0.717, 1.165) is 4.31 Å². The van der Waals surface area contributed by atoms with E-state index in [1.165, 1.54) is 13.1 Å². The molecule has 19 heavy (non-hydrogen) atoms. The van der Waals surface area contributed by atoms with Crippen LogP contribution in [-0.2, 0) is 21.9 Å². The van der Waals surface area contributed by atoms with Gasteiger partial charge in [0.2, 0.25) is 0 Å². The normalized spacial score (nSPS) is 24.8. The number of sulfonamides is 1. The predicted molar refractivity (Wildman–Crippen MR) is 67.1 cm³/mol. The van der Waals surface area contributed by atoms with Crippen LogP contribution in [0.15, 0.2) is 11.2 Å². The van der Waals surface area contributed by atoms with Crippen LogP contribution in [0.2, 0.25) is 0 Å². The second kappa shape index (κ2) is 4.31. The molecule has 0 saturated carbocycles. The fourth-order valence-electron chi connectivity index (χ4n) is 2.30. The Labute approximate surface area is 111 Å². The van der Waals surface area contributed by atoms with Crippen molar-refractivity contribution in [2.45, 2.75) is 37.3 Å².